The van der Waals surface area contributed by atoms with Gasteiger partial charge in [0, 0.05) is 3.57 Å². The van der Waals surface area contributed by atoms with Crippen LogP contribution in [0.15, 0.2) is 54.6 Å². The summed E-state index contributed by atoms with van der Waals surface area (Å²) in [5, 5.41) is 19.4. The van der Waals surface area contributed by atoms with E-state index in [0.29, 0.717) is 11.5 Å². The third kappa shape index (κ3) is 5.54. The Hall–Kier alpha value is -2.93. The first-order valence-corrected chi connectivity index (χ1v) is 9.97. The van der Waals surface area contributed by atoms with Crippen LogP contribution in [0.1, 0.15) is 22.3 Å². The molecule has 4 nitrogen and oxygen atoms in total. The number of aromatic hydroxyl groups is 2. The molecule has 0 fully saturated rings. The molecule has 0 amide bonds. The van der Waals surface area contributed by atoms with Crippen molar-refractivity contribution in [3.63, 3.8) is 0 Å². The van der Waals surface area contributed by atoms with Gasteiger partial charge in [-0.2, -0.15) is 0 Å². The Morgan fingerprint density at radius 1 is 0.621 bits per heavy atom. The topological polar surface area (TPSA) is 58.9 Å². The molecule has 0 aromatic heterocycles. The second-order valence-corrected chi connectivity index (χ2v) is 7.59. The normalized spacial score (nSPS) is 11.3. The zero-order valence-electron chi connectivity index (χ0n) is 16.1. The average Bonchev–Trinajstić information content (AvgIpc) is 2.72. The first-order valence-electron chi connectivity index (χ1n) is 8.89. The number of hydrogen-bond acceptors (Lipinski definition) is 4. The number of ether oxygens (including phenoxy) is 2. The van der Waals surface area contributed by atoms with Gasteiger partial charge in [0.15, 0.2) is 23.0 Å². The number of methoxy groups -OCH3 is 2. The lowest BCUT2D eigenvalue weighted by molar-refractivity contribution is 0.373. The van der Waals surface area contributed by atoms with Crippen LogP contribution in [-0.4, -0.2) is 24.4 Å². The van der Waals surface area contributed by atoms with Crippen LogP contribution in [0.25, 0.3) is 24.3 Å². The van der Waals surface area contributed by atoms with E-state index in [9.17, 15) is 10.2 Å². The maximum Gasteiger partial charge on any atom is 0.161 e. The van der Waals surface area contributed by atoms with E-state index in [1.54, 1.807) is 24.3 Å². The Kier molecular flexibility index (Phi) is 6.82. The fraction of sp³-hybridized carbons (Fsp3) is 0.0833. The molecule has 0 bridgehead atoms. The van der Waals surface area contributed by atoms with E-state index >= 15 is 0 Å². The van der Waals surface area contributed by atoms with Crippen LogP contribution in [0.5, 0.6) is 23.0 Å². The van der Waals surface area contributed by atoms with Gasteiger partial charge in [0.1, 0.15) is 0 Å². The third-order valence-electron chi connectivity index (χ3n) is 4.29. The van der Waals surface area contributed by atoms with Gasteiger partial charge in [0.05, 0.1) is 14.2 Å². The van der Waals surface area contributed by atoms with Crippen molar-refractivity contribution in [2.75, 3.05) is 14.2 Å². The third-order valence-corrected chi connectivity index (χ3v) is 4.91. The minimum absolute atomic E-state index is 0.122. The van der Waals surface area contributed by atoms with E-state index in [2.05, 4.69) is 40.8 Å². The maximum absolute atomic E-state index is 9.71. The van der Waals surface area contributed by atoms with Crippen molar-refractivity contribution in [2.24, 2.45) is 0 Å². The fourth-order valence-corrected chi connectivity index (χ4v) is 3.53. The lowest BCUT2D eigenvalue weighted by Gasteiger charge is -2.05. The second kappa shape index (κ2) is 9.52. The van der Waals surface area contributed by atoms with Crippen LogP contribution in [0, 0.1) is 3.57 Å². The zero-order chi connectivity index (χ0) is 20.8. The average molecular weight is 500 g/mol. The fourth-order valence-electron chi connectivity index (χ4n) is 2.81. The van der Waals surface area contributed by atoms with E-state index < -0.39 is 0 Å². The van der Waals surface area contributed by atoms with Crippen molar-refractivity contribution in [3.8, 4) is 23.0 Å². The molecule has 0 aliphatic carbocycles. The monoisotopic (exact) mass is 500 g/mol. The Morgan fingerprint density at radius 3 is 1.45 bits per heavy atom. The summed E-state index contributed by atoms with van der Waals surface area (Å²) < 4.78 is 11.4. The number of phenolic OH excluding ortho intramolecular Hbond substituents is 2. The molecule has 0 spiro atoms. The number of halogens is 1. The predicted molar refractivity (Wildman–Crippen MR) is 126 cm³/mol. The van der Waals surface area contributed by atoms with Crippen molar-refractivity contribution in [3.05, 3.63) is 80.4 Å². The van der Waals surface area contributed by atoms with Gasteiger partial charge in [-0.1, -0.05) is 36.4 Å². The molecule has 3 aromatic rings. The molecule has 0 aliphatic heterocycles. The van der Waals surface area contributed by atoms with E-state index in [1.165, 1.54) is 14.2 Å². The van der Waals surface area contributed by atoms with Crippen molar-refractivity contribution < 1.29 is 19.7 Å². The highest BCUT2D eigenvalue weighted by atomic mass is 127. The summed E-state index contributed by atoms with van der Waals surface area (Å²) in [5.74, 6) is 1.14. The quantitative estimate of drug-likeness (QED) is 0.319. The second-order valence-electron chi connectivity index (χ2n) is 6.35. The van der Waals surface area contributed by atoms with Gasteiger partial charge in [0.25, 0.3) is 0 Å². The molecule has 5 heteroatoms. The summed E-state index contributed by atoms with van der Waals surface area (Å²) in [7, 11) is 3.06. The highest BCUT2D eigenvalue weighted by molar-refractivity contribution is 14.1. The number of phenols is 2. The van der Waals surface area contributed by atoms with Crippen molar-refractivity contribution >= 4 is 46.9 Å². The molecule has 148 valence electrons. The minimum atomic E-state index is 0.122. The first-order chi connectivity index (χ1) is 14.0. The number of hydrogen-bond donors (Lipinski definition) is 2. The Morgan fingerprint density at radius 2 is 1.03 bits per heavy atom. The van der Waals surface area contributed by atoms with Crippen molar-refractivity contribution in [2.45, 2.75) is 0 Å². The predicted octanol–water partition coefficient (Wildman–Crippen LogP) is 6.06. The summed E-state index contributed by atoms with van der Waals surface area (Å²) in [6.07, 6.45) is 8.00. The highest BCUT2D eigenvalue weighted by Gasteiger charge is 2.02. The number of benzene rings is 3. The van der Waals surface area contributed by atoms with Gasteiger partial charge in [-0.05, 0) is 87.3 Å². The molecule has 2 N–H and O–H groups in total. The summed E-state index contributed by atoms with van der Waals surface area (Å²) >= 11 is 2.30. The van der Waals surface area contributed by atoms with E-state index in [-0.39, 0.29) is 11.5 Å². The molecular weight excluding hydrogens is 479 g/mol. The molecule has 0 unspecified atom stereocenters. The molecule has 3 rings (SSSR count). The van der Waals surface area contributed by atoms with Crippen LogP contribution in [0.3, 0.4) is 0 Å². The Balaban J connectivity index is 1.83. The lowest BCUT2D eigenvalue weighted by Crippen LogP contribution is -1.85. The molecule has 0 saturated carbocycles. The van der Waals surface area contributed by atoms with Gasteiger partial charge >= 0.3 is 0 Å². The van der Waals surface area contributed by atoms with Crippen LogP contribution < -0.4 is 9.47 Å². The summed E-state index contributed by atoms with van der Waals surface area (Å²) in [4.78, 5) is 0. The van der Waals surface area contributed by atoms with E-state index in [0.717, 1.165) is 25.8 Å². The Labute approximate surface area is 183 Å². The number of rotatable bonds is 6. The van der Waals surface area contributed by atoms with Gasteiger partial charge in [0.2, 0.25) is 0 Å². The van der Waals surface area contributed by atoms with Crippen LogP contribution >= 0.6 is 22.6 Å². The van der Waals surface area contributed by atoms with Gasteiger partial charge in [-0.25, -0.2) is 0 Å². The molecule has 0 aliphatic rings. The smallest absolute Gasteiger partial charge is 0.161 e. The van der Waals surface area contributed by atoms with Gasteiger partial charge < -0.3 is 19.7 Å². The highest BCUT2D eigenvalue weighted by Crippen LogP contribution is 2.28. The lowest BCUT2D eigenvalue weighted by atomic mass is 10.1. The van der Waals surface area contributed by atoms with Crippen molar-refractivity contribution in [1.29, 1.82) is 0 Å². The van der Waals surface area contributed by atoms with Crippen molar-refractivity contribution in [1.82, 2.24) is 0 Å². The Bertz CT molecular complexity index is 989. The molecule has 0 atom stereocenters. The van der Waals surface area contributed by atoms with E-state index in [4.69, 9.17) is 9.47 Å². The van der Waals surface area contributed by atoms with Gasteiger partial charge in [-0.15, -0.1) is 0 Å². The molecule has 0 saturated heterocycles. The molecule has 0 radical (unpaired) electrons. The standard InChI is InChI=1S/C24H21IO4/c1-28-23-14-16(7-9-21(23)26)3-5-18-11-19(13-20(25)12-18)6-4-17-8-10-22(27)24(15-17)29-2/h3-15,26-27H,1-2H3/b5-3+,6-4+. The molecular formula is C24H21IO4. The SMILES string of the molecule is COc1cc(/C=C/c2cc(I)cc(/C=C/c3ccc(O)c(OC)c3)c2)ccc1O. The largest absolute Gasteiger partial charge is 0.504 e. The summed E-state index contributed by atoms with van der Waals surface area (Å²) in [6.45, 7) is 0. The van der Waals surface area contributed by atoms with Crippen LogP contribution in [0.2, 0.25) is 0 Å². The molecule has 3 aromatic carbocycles. The summed E-state index contributed by atoms with van der Waals surface area (Å²) in [6, 6.07) is 16.8. The summed E-state index contributed by atoms with van der Waals surface area (Å²) in [5.41, 5.74) is 4.00. The molecule has 29 heavy (non-hydrogen) atoms. The maximum atomic E-state index is 9.71. The van der Waals surface area contributed by atoms with Crippen LogP contribution in [-0.2, 0) is 0 Å². The van der Waals surface area contributed by atoms with Crippen LogP contribution in [0.4, 0.5) is 0 Å². The van der Waals surface area contributed by atoms with E-state index in [1.807, 2.05) is 36.4 Å². The minimum Gasteiger partial charge on any atom is -0.504 e. The van der Waals surface area contributed by atoms with Gasteiger partial charge in [-0.3, -0.25) is 0 Å². The first kappa shape index (κ1) is 20.8. The molecule has 0 heterocycles. The zero-order valence-corrected chi connectivity index (χ0v) is 18.3.